The van der Waals surface area contributed by atoms with Crippen LogP contribution < -0.4 is 4.90 Å². The van der Waals surface area contributed by atoms with Crippen molar-refractivity contribution in [3.63, 3.8) is 0 Å². The normalized spacial score (nSPS) is 37.7. The summed E-state index contributed by atoms with van der Waals surface area (Å²) in [7, 11) is 0. The fourth-order valence-electron chi connectivity index (χ4n) is 4.78. The third-order valence-electron chi connectivity index (χ3n) is 5.98. The second kappa shape index (κ2) is 5.09. The molecule has 9 heteroatoms. The highest BCUT2D eigenvalue weighted by Gasteiger charge is 2.75. The number of benzene rings is 1. The number of aliphatic hydroxyl groups excluding tert-OH is 1. The number of imide groups is 1. The zero-order valence-electron chi connectivity index (χ0n) is 14.4. The van der Waals surface area contributed by atoms with Crippen molar-refractivity contribution >= 4 is 17.5 Å². The Morgan fingerprint density at radius 2 is 1.89 bits per heavy atom. The van der Waals surface area contributed by atoms with Crippen molar-refractivity contribution < 1.29 is 32.6 Å². The molecule has 2 bridgehead atoms. The molecule has 0 aliphatic carbocycles. The predicted molar refractivity (Wildman–Crippen MR) is 84.2 cm³/mol. The minimum absolute atomic E-state index is 0.165. The molecule has 3 heterocycles. The highest BCUT2D eigenvalue weighted by atomic mass is 19.4. The average Bonchev–Trinajstić information content (AvgIpc) is 3.07. The van der Waals surface area contributed by atoms with Crippen molar-refractivity contribution in [3.8, 4) is 6.07 Å². The molecular formula is C18H15F3N2O4. The molecule has 0 radical (unpaired) electrons. The van der Waals surface area contributed by atoms with Crippen molar-refractivity contribution in [2.75, 3.05) is 4.90 Å². The molecule has 2 unspecified atom stereocenters. The summed E-state index contributed by atoms with van der Waals surface area (Å²) >= 11 is 0. The van der Waals surface area contributed by atoms with Crippen LogP contribution in [-0.2, 0) is 20.5 Å². The van der Waals surface area contributed by atoms with Gasteiger partial charge in [0.1, 0.15) is 5.60 Å². The van der Waals surface area contributed by atoms with Gasteiger partial charge in [-0.25, -0.2) is 4.90 Å². The summed E-state index contributed by atoms with van der Waals surface area (Å²) in [5.41, 5.74) is -4.37. The molecule has 3 aliphatic rings. The summed E-state index contributed by atoms with van der Waals surface area (Å²) in [6.07, 6.45) is -5.59. The first-order valence-electron chi connectivity index (χ1n) is 8.31. The van der Waals surface area contributed by atoms with Crippen LogP contribution >= 0.6 is 0 Å². The lowest BCUT2D eigenvalue weighted by molar-refractivity contribution is -0.138. The molecule has 0 spiro atoms. The quantitative estimate of drug-likeness (QED) is 0.753. The number of nitriles is 1. The van der Waals surface area contributed by atoms with Crippen LogP contribution in [0.15, 0.2) is 18.2 Å². The third kappa shape index (κ3) is 2.14. The molecule has 0 saturated carbocycles. The average molecular weight is 380 g/mol. The van der Waals surface area contributed by atoms with Crippen LogP contribution in [0, 0.1) is 23.2 Å². The van der Waals surface area contributed by atoms with Crippen molar-refractivity contribution in [2.45, 2.75) is 43.8 Å². The molecule has 3 saturated heterocycles. The van der Waals surface area contributed by atoms with Crippen molar-refractivity contribution in [1.29, 1.82) is 5.26 Å². The van der Waals surface area contributed by atoms with Gasteiger partial charge in [0.15, 0.2) is 0 Å². The molecule has 0 aromatic heterocycles. The second-order valence-electron chi connectivity index (χ2n) is 7.63. The lowest BCUT2D eigenvalue weighted by Crippen LogP contribution is -2.49. The maximum Gasteiger partial charge on any atom is 0.417 e. The molecule has 5 atom stereocenters. The molecule has 1 aromatic rings. The number of fused-ring (bicyclic) bond motifs is 5. The smallest absolute Gasteiger partial charge is 0.390 e. The van der Waals surface area contributed by atoms with Gasteiger partial charge in [0.05, 0.1) is 46.4 Å². The molecule has 1 aromatic carbocycles. The van der Waals surface area contributed by atoms with Gasteiger partial charge >= 0.3 is 6.18 Å². The predicted octanol–water partition coefficient (Wildman–Crippen LogP) is 1.99. The van der Waals surface area contributed by atoms with E-state index in [9.17, 15) is 27.9 Å². The molecule has 4 rings (SSSR count). The Morgan fingerprint density at radius 1 is 1.26 bits per heavy atom. The van der Waals surface area contributed by atoms with Gasteiger partial charge in [0.25, 0.3) is 0 Å². The van der Waals surface area contributed by atoms with Gasteiger partial charge in [-0.05, 0) is 32.0 Å². The van der Waals surface area contributed by atoms with E-state index in [0.717, 1.165) is 17.0 Å². The maximum atomic E-state index is 13.2. The largest absolute Gasteiger partial charge is 0.417 e. The van der Waals surface area contributed by atoms with Crippen LogP contribution in [0.1, 0.15) is 31.4 Å². The van der Waals surface area contributed by atoms with E-state index >= 15 is 0 Å². The zero-order chi connectivity index (χ0) is 19.9. The molecule has 3 fully saturated rings. The number of anilines is 1. The Kier molecular flexibility index (Phi) is 3.38. The molecule has 6 nitrogen and oxygen atoms in total. The number of alkyl halides is 3. The number of halogens is 3. The highest BCUT2D eigenvalue weighted by molar-refractivity contribution is 6.23. The second-order valence-corrected chi connectivity index (χ2v) is 7.63. The molecule has 3 aliphatic heterocycles. The lowest BCUT2D eigenvalue weighted by atomic mass is 9.67. The van der Waals surface area contributed by atoms with Crippen LogP contribution in [0.3, 0.4) is 0 Å². The number of hydrogen-bond donors (Lipinski definition) is 1. The summed E-state index contributed by atoms with van der Waals surface area (Å²) in [5, 5.41) is 19.2. The van der Waals surface area contributed by atoms with E-state index in [1.54, 1.807) is 13.8 Å². The maximum absolute atomic E-state index is 13.2. The molecule has 2 amide bonds. The Labute approximate surface area is 152 Å². The number of amides is 2. The zero-order valence-corrected chi connectivity index (χ0v) is 14.4. The van der Waals surface area contributed by atoms with Crippen molar-refractivity contribution in [2.24, 2.45) is 11.8 Å². The topological polar surface area (TPSA) is 90.6 Å². The summed E-state index contributed by atoms with van der Waals surface area (Å²) in [5.74, 6) is -3.19. The number of aliphatic hydroxyl groups is 1. The van der Waals surface area contributed by atoms with Gasteiger partial charge in [0.2, 0.25) is 11.8 Å². The summed E-state index contributed by atoms with van der Waals surface area (Å²) in [4.78, 5) is 26.6. The molecule has 27 heavy (non-hydrogen) atoms. The van der Waals surface area contributed by atoms with E-state index in [0.29, 0.717) is 6.07 Å². The van der Waals surface area contributed by atoms with Crippen LogP contribution in [-0.4, -0.2) is 34.2 Å². The van der Waals surface area contributed by atoms with E-state index in [4.69, 9.17) is 10.00 Å². The van der Waals surface area contributed by atoms with Crippen LogP contribution in [0.5, 0.6) is 0 Å². The molecule has 142 valence electrons. The molecule has 1 N–H and O–H groups in total. The van der Waals surface area contributed by atoms with Crippen LogP contribution in [0.25, 0.3) is 0 Å². The SMILES string of the molecule is CC12C[C@@H](O)C(C)(O1)[C@@H]1C(=O)N(c3ccc(C#N)c(C(F)(F)F)c3)C(=O)[C@@H]12. The standard InChI is InChI=1S/C18H15F3N2O4/c1-16-6-11(24)17(2,27-16)13-12(16)14(25)23(15(13)26)9-4-3-8(7-22)10(5-9)18(19,20)21/h3-5,11-13,24H,6H2,1-2H3/t11-,12-,13+,16?,17?/m1/s1. The summed E-state index contributed by atoms with van der Waals surface area (Å²) in [6.45, 7) is 3.17. The fourth-order valence-corrected chi connectivity index (χ4v) is 4.78. The van der Waals surface area contributed by atoms with Crippen molar-refractivity contribution in [3.05, 3.63) is 29.3 Å². The number of hydrogen-bond acceptors (Lipinski definition) is 5. The fraction of sp³-hybridized carbons (Fsp3) is 0.500. The van der Waals surface area contributed by atoms with Crippen LogP contribution in [0.2, 0.25) is 0 Å². The van der Waals surface area contributed by atoms with Gasteiger partial charge in [-0.1, -0.05) is 0 Å². The highest BCUT2D eigenvalue weighted by Crippen LogP contribution is 2.61. The van der Waals surface area contributed by atoms with E-state index in [1.807, 2.05) is 0 Å². The van der Waals surface area contributed by atoms with E-state index in [-0.39, 0.29) is 12.1 Å². The van der Waals surface area contributed by atoms with E-state index < -0.39 is 58.3 Å². The Bertz CT molecular complexity index is 924. The third-order valence-corrected chi connectivity index (χ3v) is 5.98. The number of carbonyl (C=O) groups is 2. The monoisotopic (exact) mass is 380 g/mol. The van der Waals surface area contributed by atoms with Crippen LogP contribution in [0.4, 0.5) is 18.9 Å². The van der Waals surface area contributed by atoms with Crippen molar-refractivity contribution in [1.82, 2.24) is 0 Å². The lowest BCUT2D eigenvalue weighted by Gasteiger charge is -2.31. The van der Waals surface area contributed by atoms with Gasteiger partial charge in [0, 0.05) is 6.42 Å². The molecular weight excluding hydrogens is 365 g/mol. The Morgan fingerprint density at radius 3 is 2.48 bits per heavy atom. The number of rotatable bonds is 1. The summed E-state index contributed by atoms with van der Waals surface area (Å²) < 4.78 is 45.6. The number of carbonyl (C=O) groups excluding carboxylic acids is 2. The van der Waals surface area contributed by atoms with Gasteiger partial charge in [-0.3, -0.25) is 9.59 Å². The Hall–Kier alpha value is -2.44. The van der Waals surface area contributed by atoms with E-state index in [2.05, 4.69) is 0 Å². The first-order chi connectivity index (χ1) is 12.4. The minimum Gasteiger partial charge on any atom is -0.390 e. The van der Waals surface area contributed by atoms with Gasteiger partial charge < -0.3 is 9.84 Å². The summed E-state index contributed by atoms with van der Waals surface area (Å²) in [6, 6.07) is 4.19. The first kappa shape index (κ1) is 17.9. The first-order valence-corrected chi connectivity index (χ1v) is 8.31. The number of ether oxygens (including phenoxy) is 1. The van der Waals surface area contributed by atoms with E-state index in [1.165, 1.54) is 6.07 Å². The number of nitrogens with zero attached hydrogens (tertiary/aromatic N) is 2. The minimum atomic E-state index is -4.81. The van der Waals surface area contributed by atoms with Gasteiger partial charge in [-0.2, -0.15) is 18.4 Å². The van der Waals surface area contributed by atoms with Gasteiger partial charge in [-0.15, -0.1) is 0 Å². The Balaban J connectivity index is 1.81.